The molecule has 198 valence electrons. The first kappa shape index (κ1) is 27.6. The molecule has 0 amide bonds. The van der Waals surface area contributed by atoms with Crippen LogP contribution >= 0.6 is 0 Å². The van der Waals surface area contributed by atoms with Crippen LogP contribution in [0.5, 0.6) is 5.75 Å². The Morgan fingerprint density at radius 3 is 1.97 bits per heavy atom. The molecule has 0 saturated heterocycles. The highest BCUT2D eigenvalue weighted by Gasteiger charge is 2.33. The van der Waals surface area contributed by atoms with Gasteiger partial charge in [0, 0.05) is 5.56 Å². The lowest BCUT2D eigenvalue weighted by Gasteiger charge is -2.21. The Kier molecular flexibility index (Phi) is 9.13. The van der Waals surface area contributed by atoms with Crippen LogP contribution in [-0.4, -0.2) is 38.7 Å². The summed E-state index contributed by atoms with van der Waals surface area (Å²) in [5.74, 6) is 5.01. The SMILES string of the molecule is COc1ccc(-c2ccc(S(=O)(=O)N[C@@H](C(=O)O)[C@@H](C#Cc3ccccc3)OCc3ccccc3)cc2)cc1. The van der Waals surface area contributed by atoms with E-state index in [9.17, 15) is 18.3 Å². The fourth-order valence-corrected chi connectivity index (χ4v) is 4.93. The van der Waals surface area contributed by atoms with Crippen molar-refractivity contribution in [3.8, 4) is 28.7 Å². The lowest BCUT2D eigenvalue weighted by molar-refractivity contribution is -0.142. The molecule has 4 aromatic carbocycles. The Morgan fingerprint density at radius 2 is 1.41 bits per heavy atom. The molecule has 0 saturated carbocycles. The number of nitrogens with one attached hydrogen (secondary N) is 1. The first-order valence-electron chi connectivity index (χ1n) is 12.1. The van der Waals surface area contributed by atoms with Gasteiger partial charge in [-0.25, -0.2) is 8.42 Å². The van der Waals surface area contributed by atoms with E-state index in [4.69, 9.17) is 9.47 Å². The molecule has 2 N–H and O–H groups in total. The molecule has 0 aliphatic carbocycles. The van der Waals surface area contributed by atoms with E-state index in [1.807, 2.05) is 60.7 Å². The molecule has 0 radical (unpaired) electrons. The number of ether oxygens (including phenoxy) is 2. The molecule has 0 aliphatic heterocycles. The Balaban J connectivity index is 1.58. The van der Waals surface area contributed by atoms with Crippen LogP contribution in [0.3, 0.4) is 0 Å². The van der Waals surface area contributed by atoms with Crippen LogP contribution in [0.4, 0.5) is 0 Å². The zero-order valence-corrected chi connectivity index (χ0v) is 22.0. The maximum atomic E-state index is 13.2. The van der Waals surface area contributed by atoms with Crippen LogP contribution in [0.15, 0.2) is 114 Å². The minimum Gasteiger partial charge on any atom is -0.497 e. The molecule has 0 bridgehead atoms. The fourth-order valence-electron chi connectivity index (χ4n) is 3.74. The normalized spacial score (nSPS) is 12.5. The van der Waals surface area contributed by atoms with Crippen LogP contribution in [-0.2, 0) is 26.2 Å². The van der Waals surface area contributed by atoms with Crippen molar-refractivity contribution in [1.29, 1.82) is 0 Å². The van der Waals surface area contributed by atoms with Crippen molar-refractivity contribution in [2.45, 2.75) is 23.6 Å². The zero-order valence-electron chi connectivity index (χ0n) is 21.2. The first-order valence-corrected chi connectivity index (χ1v) is 13.6. The fraction of sp³-hybridized carbons (Fsp3) is 0.129. The zero-order chi connectivity index (χ0) is 27.7. The predicted octanol–water partition coefficient (Wildman–Crippen LogP) is 4.73. The molecule has 0 aliphatic rings. The van der Waals surface area contributed by atoms with Gasteiger partial charge in [-0.1, -0.05) is 84.6 Å². The highest BCUT2D eigenvalue weighted by Crippen LogP contribution is 2.24. The average molecular weight is 542 g/mol. The van der Waals surface area contributed by atoms with E-state index in [-0.39, 0.29) is 11.5 Å². The Bertz CT molecular complexity index is 1540. The molecule has 4 rings (SSSR count). The minimum absolute atomic E-state index is 0.0526. The third-order valence-corrected chi connectivity index (χ3v) is 7.30. The van der Waals surface area contributed by atoms with Crippen molar-refractivity contribution in [3.63, 3.8) is 0 Å². The molecule has 2 atom stereocenters. The molecule has 0 heterocycles. The summed E-state index contributed by atoms with van der Waals surface area (Å²) in [5.41, 5.74) is 3.11. The second kappa shape index (κ2) is 12.9. The highest BCUT2D eigenvalue weighted by molar-refractivity contribution is 7.89. The smallest absolute Gasteiger partial charge is 0.325 e. The second-order valence-corrected chi connectivity index (χ2v) is 10.3. The van der Waals surface area contributed by atoms with E-state index in [0.29, 0.717) is 11.3 Å². The van der Waals surface area contributed by atoms with Gasteiger partial charge in [-0.15, -0.1) is 0 Å². The highest BCUT2D eigenvalue weighted by atomic mass is 32.2. The van der Waals surface area contributed by atoms with Crippen LogP contribution < -0.4 is 9.46 Å². The van der Waals surface area contributed by atoms with Gasteiger partial charge in [0.1, 0.15) is 11.9 Å². The third kappa shape index (κ3) is 7.55. The summed E-state index contributed by atoms with van der Waals surface area (Å²) in [4.78, 5) is 12.2. The topological polar surface area (TPSA) is 102 Å². The van der Waals surface area contributed by atoms with Crippen LogP contribution in [0.25, 0.3) is 11.1 Å². The molecule has 8 heteroatoms. The van der Waals surface area contributed by atoms with Gasteiger partial charge in [-0.3, -0.25) is 4.79 Å². The van der Waals surface area contributed by atoms with Gasteiger partial charge in [0.25, 0.3) is 0 Å². The van der Waals surface area contributed by atoms with E-state index in [1.54, 1.807) is 43.5 Å². The second-order valence-electron chi connectivity index (χ2n) is 8.54. The van der Waals surface area contributed by atoms with Gasteiger partial charge in [-0.05, 0) is 53.1 Å². The number of sulfonamides is 1. The van der Waals surface area contributed by atoms with Gasteiger partial charge in [0.2, 0.25) is 10.0 Å². The number of benzene rings is 4. The number of rotatable bonds is 10. The van der Waals surface area contributed by atoms with Crippen LogP contribution in [0.2, 0.25) is 0 Å². The predicted molar refractivity (Wildman–Crippen MR) is 149 cm³/mol. The molecule has 0 spiro atoms. The van der Waals surface area contributed by atoms with Crippen molar-refractivity contribution in [2.75, 3.05) is 7.11 Å². The standard InChI is InChI=1S/C31H27NO6S/c1-37-27-17-13-25(14-18-27)26-15-19-28(20-16-26)39(35,36)32-30(31(33)34)29(21-12-23-8-4-2-5-9-23)38-22-24-10-6-3-7-11-24/h2-11,13-20,29-30,32H,22H2,1H3,(H,33,34)/t29-,30-/m1/s1. The largest absolute Gasteiger partial charge is 0.497 e. The maximum Gasteiger partial charge on any atom is 0.325 e. The Morgan fingerprint density at radius 1 is 0.846 bits per heavy atom. The number of hydrogen-bond acceptors (Lipinski definition) is 5. The van der Waals surface area contributed by atoms with E-state index in [0.717, 1.165) is 16.7 Å². The number of aliphatic carboxylic acids is 1. The van der Waals surface area contributed by atoms with Crippen molar-refractivity contribution in [2.24, 2.45) is 0 Å². The maximum absolute atomic E-state index is 13.2. The third-order valence-electron chi connectivity index (χ3n) is 5.84. The summed E-state index contributed by atoms with van der Waals surface area (Å²) in [6, 6.07) is 30.0. The number of carboxylic acid groups (broad SMARTS) is 1. The summed E-state index contributed by atoms with van der Waals surface area (Å²) >= 11 is 0. The van der Waals surface area contributed by atoms with E-state index < -0.39 is 28.1 Å². The lowest BCUT2D eigenvalue weighted by atomic mass is 10.1. The minimum atomic E-state index is -4.22. The van der Waals surface area contributed by atoms with Crippen molar-refractivity contribution < 1.29 is 27.8 Å². The van der Waals surface area contributed by atoms with Crippen LogP contribution in [0.1, 0.15) is 11.1 Å². The number of carbonyl (C=O) groups is 1. The van der Waals surface area contributed by atoms with Crippen molar-refractivity contribution in [1.82, 2.24) is 4.72 Å². The average Bonchev–Trinajstić information content (AvgIpc) is 2.97. The lowest BCUT2D eigenvalue weighted by Crippen LogP contribution is -2.49. The van der Waals surface area contributed by atoms with Crippen molar-refractivity contribution in [3.05, 3.63) is 120 Å². The summed E-state index contributed by atoms with van der Waals surface area (Å²) in [7, 11) is -2.64. The van der Waals surface area contributed by atoms with Gasteiger partial charge in [0.15, 0.2) is 6.04 Å². The molecule has 7 nitrogen and oxygen atoms in total. The van der Waals surface area contributed by atoms with Gasteiger partial charge in [-0.2, -0.15) is 4.72 Å². The quantitative estimate of drug-likeness (QED) is 0.282. The molecule has 4 aromatic rings. The molecular weight excluding hydrogens is 514 g/mol. The van der Waals surface area contributed by atoms with E-state index in [1.165, 1.54) is 12.1 Å². The molecular formula is C31H27NO6S. The molecule has 39 heavy (non-hydrogen) atoms. The molecule has 0 unspecified atom stereocenters. The van der Waals surface area contributed by atoms with Gasteiger partial charge >= 0.3 is 5.97 Å². The van der Waals surface area contributed by atoms with Gasteiger partial charge in [0.05, 0.1) is 18.6 Å². The number of carboxylic acids is 1. The summed E-state index contributed by atoms with van der Waals surface area (Å²) in [5, 5.41) is 10.00. The Hall–Kier alpha value is -4.42. The van der Waals surface area contributed by atoms with Gasteiger partial charge < -0.3 is 14.6 Å². The summed E-state index contributed by atoms with van der Waals surface area (Å²) in [6.07, 6.45) is -1.27. The monoisotopic (exact) mass is 541 g/mol. The summed E-state index contributed by atoms with van der Waals surface area (Å²) < 4.78 is 39.8. The van der Waals surface area contributed by atoms with Crippen LogP contribution in [0, 0.1) is 11.8 Å². The first-order chi connectivity index (χ1) is 18.9. The number of methoxy groups -OCH3 is 1. The summed E-state index contributed by atoms with van der Waals surface area (Å²) in [6.45, 7) is 0.0526. The van der Waals surface area contributed by atoms with E-state index in [2.05, 4.69) is 16.6 Å². The van der Waals surface area contributed by atoms with E-state index >= 15 is 0 Å². The Labute approximate surface area is 228 Å². The van der Waals surface area contributed by atoms with Crippen molar-refractivity contribution >= 4 is 16.0 Å². The number of hydrogen-bond donors (Lipinski definition) is 2. The molecule has 0 fully saturated rings. The molecule has 0 aromatic heterocycles.